The maximum absolute atomic E-state index is 12.0. The van der Waals surface area contributed by atoms with Gasteiger partial charge in [-0.05, 0) is 17.7 Å². The number of pyridine rings is 1. The fourth-order valence-electron chi connectivity index (χ4n) is 2.32. The van der Waals surface area contributed by atoms with E-state index in [-0.39, 0.29) is 5.56 Å². The molecule has 0 aliphatic carbocycles. The molecule has 0 aliphatic heterocycles. The molecule has 0 fully saturated rings. The normalized spacial score (nSPS) is 10.5. The van der Waals surface area contributed by atoms with E-state index < -0.39 is 11.5 Å². The Morgan fingerprint density at radius 1 is 1.09 bits per heavy atom. The molecule has 0 atom stereocenters. The molecule has 0 radical (unpaired) electrons. The lowest BCUT2D eigenvalue weighted by Crippen LogP contribution is -2.18. The molecular weight excluding hydrogens is 294 g/mol. The van der Waals surface area contributed by atoms with Gasteiger partial charge in [0.15, 0.2) is 0 Å². The number of benzene rings is 2. The molecule has 0 aliphatic rings. The number of esters is 1. The second kappa shape index (κ2) is 6.36. The summed E-state index contributed by atoms with van der Waals surface area (Å²) in [5, 5.41) is 0.704. The summed E-state index contributed by atoms with van der Waals surface area (Å²) < 4.78 is 10.4. The topological polar surface area (TPSA) is 68.4 Å². The van der Waals surface area contributed by atoms with E-state index in [1.807, 2.05) is 36.4 Å². The summed E-state index contributed by atoms with van der Waals surface area (Å²) in [4.78, 5) is 26.3. The van der Waals surface area contributed by atoms with Crippen LogP contribution >= 0.6 is 0 Å². The first-order valence-electron chi connectivity index (χ1n) is 7.10. The van der Waals surface area contributed by atoms with Gasteiger partial charge in [0.1, 0.15) is 17.9 Å². The third-order valence-corrected chi connectivity index (χ3v) is 3.48. The fraction of sp³-hybridized carbons (Fsp3) is 0.111. The second-order valence-electron chi connectivity index (χ2n) is 5.00. The number of carbonyl (C=O) groups is 1. The number of fused-ring (bicyclic) bond motifs is 1. The van der Waals surface area contributed by atoms with Crippen molar-refractivity contribution >= 4 is 16.9 Å². The Labute approximate surface area is 132 Å². The maximum Gasteiger partial charge on any atom is 0.343 e. The highest BCUT2D eigenvalue weighted by molar-refractivity contribution is 5.94. The Morgan fingerprint density at radius 3 is 2.61 bits per heavy atom. The predicted molar refractivity (Wildman–Crippen MR) is 86.7 cm³/mol. The van der Waals surface area contributed by atoms with Gasteiger partial charge < -0.3 is 14.5 Å². The number of ether oxygens (including phenoxy) is 2. The Balaban J connectivity index is 1.97. The van der Waals surface area contributed by atoms with Crippen LogP contribution in [-0.4, -0.2) is 18.1 Å². The quantitative estimate of drug-likeness (QED) is 0.752. The van der Waals surface area contributed by atoms with Crippen molar-refractivity contribution in [1.29, 1.82) is 0 Å². The zero-order valence-electron chi connectivity index (χ0n) is 12.5. The second-order valence-corrected chi connectivity index (χ2v) is 5.00. The van der Waals surface area contributed by atoms with Gasteiger partial charge in [-0.2, -0.15) is 0 Å². The van der Waals surface area contributed by atoms with Gasteiger partial charge in [-0.25, -0.2) is 4.79 Å². The smallest absolute Gasteiger partial charge is 0.343 e. The van der Waals surface area contributed by atoms with Gasteiger partial charge in [-0.3, -0.25) is 4.79 Å². The summed E-state index contributed by atoms with van der Waals surface area (Å²) in [5.41, 5.74) is 1.06. The van der Waals surface area contributed by atoms with Crippen LogP contribution in [0.1, 0.15) is 15.9 Å². The molecular formula is C18H15NO4. The average Bonchev–Trinajstić information content (AvgIpc) is 2.59. The zero-order chi connectivity index (χ0) is 16.2. The van der Waals surface area contributed by atoms with E-state index in [1.54, 1.807) is 12.1 Å². The van der Waals surface area contributed by atoms with Gasteiger partial charge in [-0.15, -0.1) is 0 Å². The molecule has 0 unspecified atom stereocenters. The maximum atomic E-state index is 12.0. The molecule has 0 spiro atoms. The Morgan fingerprint density at radius 2 is 1.87 bits per heavy atom. The van der Waals surface area contributed by atoms with Crippen LogP contribution in [-0.2, 0) is 11.3 Å². The lowest BCUT2D eigenvalue weighted by molar-refractivity contribution is 0.0599. The molecule has 0 bridgehead atoms. The van der Waals surface area contributed by atoms with E-state index in [2.05, 4.69) is 9.72 Å². The predicted octanol–water partition coefficient (Wildman–Crippen LogP) is 2.89. The Kier molecular flexibility index (Phi) is 4.10. The van der Waals surface area contributed by atoms with Gasteiger partial charge >= 0.3 is 5.97 Å². The molecule has 1 heterocycles. The van der Waals surface area contributed by atoms with Crippen LogP contribution in [0.25, 0.3) is 10.9 Å². The number of rotatable bonds is 4. The summed E-state index contributed by atoms with van der Waals surface area (Å²) in [7, 11) is 1.24. The van der Waals surface area contributed by atoms with Gasteiger partial charge in [0, 0.05) is 5.39 Å². The Bertz CT molecular complexity index is 900. The monoisotopic (exact) mass is 309 g/mol. The van der Waals surface area contributed by atoms with E-state index in [4.69, 9.17) is 4.74 Å². The van der Waals surface area contributed by atoms with Crippen LogP contribution in [0.5, 0.6) is 5.75 Å². The number of nitrogens with one attached hydrogen (secondary N) is 1. The first kappa shape index (κ1) is 14.8. The van der Waals surface area contributed by atoms with Gasteiger partial charge in [-0.1, -0.05) is 42.5 Å². The first-order valence-corrected chi connectivity index (χ1v) is 7.10. The van der Waals surface area contributed by atoms with Crippen LogP contribution in [0, 0.1) is 0 Å². The zero-order valence-corrected chi connectivity index (χ0v) is 12.5. The van der Waals surface area contributed by atoms with Gasteiger partial charge in [0.2, 0.25) is 0 Å². The minimum absolute atomic E-state index is 0.0276. The van der Waals surface area contributed by atoms with E-state index in [9.17, 15) is 9.59 Å². The average molecular weight is 309 g/mol. The van der Waals surface area contributed by atoms with Crippen LogP contribution in [0.4, 0.5) is 0 Å². The standard InChI is InChI=1S/C18H15NO4/c1-22-18(21)14-10-13-8-5-9-15(16(13)19-17(14)20)23-11-12-6-3-2-4-7-12/h2-10H,11H2,1H3,(H,19,20). The molecule has 3 aromatic rings. The van der Waals surface area contributed by atoms with Crippen molar-refractivity contribution in [2.45, 2.75) is 6.61 Å². The Hall–Kier alpha value is -3.08. The largest absolute Gasteiger partial charge is 0.487 e. The number of aromatic amines is 1. The number of methoxy groups -OCH3 is 1. The van der Waals surface area contributed by atoms with Crippen LogP contribution in [0.2, 0.25) is 0 Å². The number of H-pyrrole nitrogens is 1. The summed E-state index contributed by atoms with van der Waals surface area (Å²) in [6.07, 6.45) is 0. The van der Waals surface area contributed by atoms with Crippen LogP contribution < -0.4 is 10.3 Å². The van der Waals surface area contributed by atoms with Crippen molar-refractivity contribution < 1.29 is 14.3 Å². The van der Waals surface area contributed by atoms with Crippen molar-refractivity contribution in [2.75, 3.05) is 7.11 Å². The fourth-order valence-corrected chi connectivity index (χ4v) is 2.32. The third kappa shape index (κ3) is 3.08. The molecule has 2 aromatic carbocycles. The summed E-state index contributed by atoms with van der Waals surface area (Å²) in [6, 6.07) is 16.6. The van der Waals surface area contributed by atoms with E-state index in [0.717, 1.165) is 5.56 Å². The lowest BCUT2D eigenvalue weighted by Gasteiger charge is -2.10. The van der Waals surface area contributed by atoms with Crippen LogP contribution in [0.3, 0.4) is 0 Å². The van der Waals surface area contributed by atoms with Crippen molar-refractivity contribution in [1.82, 2.24) is 4.98 Å². The minimum atomic E-state index is -0.663. The SMILES string of the molecule is COC(=O)c1cc2cccc(OCc3ccccc3)c2[nH]c1=O. The molecule has 23 heavy (non-hydrogen) atoms. The molecule has 1 aromatic heterocycles. The van der Waals surface area contributed by atoms with Crippen molar-refractivity contribution in [3.8, 4) is 5.75 Å². The molecule has 3 rings (SSSR count). The molecule has 0 saturated carbocycles. The number of aromatic nitrogens is 1. The van der Waals surface area contributed by atoms with Crippen molar-refractivity contribution in [3.05, 3.63) is 76.1 Å². The molecule has 1 N–H and O–H groups in total. The third-order valence-electron chi connectivity index (χ3n) is 3.48. The highest BCUT2D eigenvalue weighted by atomic mass is 16.5. The first-order chi connectivity index (χ1) is 11.2. The molecule has 0 amide bonds. The van der Waals surface area contributed by atoms with Crippen LogP contribution in [0.15, 0.2) is 59.4 Å². The number of hydrogen-bond acceptors (Lipinski definition) is 4. The van der Waals surface area contributed by atoms with E-state index in [0.29, 0.717) is 23.3 Å². The van der Waals surface area contributed by atoms with E-state index >= 15 is 0 Å². The number of hydrogen-bond donors (Lipinski definition) is 1. The molecule has 0 saturated heterocycles. The summed E-state index contributed by atoms with van der Waals surface area (Å²) in [6.45, 7) is 0.390. The summed E-state index contributed by atoms with van der Waals surface area (Å²) in [5.74, 6) is -0.108. The van der Waals surface area contributed by atoms with Gasteiger partial charge in [0.25, 0.3) is 5.56 Å². The van der Waals surface area contributed by atoms with Gasteiger partial charge in [0.05, 0.1) is 12.6 Å². The number of carbonyl (C=O) groups excluding carboxylic acids is 1. The lowest BCUT2D eigenvalue weighted by atomic mass is 10.1. The minimum Gasteiger partial charge on any atom is -0.487 e. The highest BCUT2D eigenvalue weighted by Crippen LogP contribution is 2.24. The molecule has 5 nitrogen and oxygen atoms in total. The van der Waals surface area contributed by atoms with Crippen molar-refractivity contribution in [3.63, 3.8) is 0 Å². The highest BCUT2D eigenvalue weighted by Gasteiger charge is 2.13. The molecule has 5 heteroatoms. The number of para-hydroxylation sites is 1. The summed E-state index contributed by atoms with van der Waals surface area (Å²) >= 11 is 0. The van der Waals surface area contributed by atoms with E-state index in [1.165, 1.54) is 13.2 Å². The van der Waals surface area contributed by atoms with Crippen molar-refractivity contribution in [2.24, 2.45) is 0 Å². The molecule has 116 valence electrons.